The van der Waals surface area contributed by atoms with E-state index >= 15 is 0 Å². The third kappa shape index (κ3) is 5.71. The van der Waals surface area contributed by atoms with Crippen molar-refractivity contribution in [3.05, 3.63) is 36.7 Å². The van der Waals surface area contributed by atoms with Crippen LogP contribution in [0.1, 0.15) is 0 Å². The Morgan fingerprint density at radius 2 is 1.76 bits per heavy atom. The van der Waals surface area contributed by atoms with Gasteiger partial charge in [-0.15, -0.1) is 0 Å². The number of para-hydroxylation sites is 1. The summed E-state index contributed by atoms with van der Waals surface area (Å²) in [5.41, 5.74) is 0.869. The Kier molecular flexibility index (Phi) is 5.01. The van der Waals surface area contributed by atoms with Crippen LogP contribution in [0.25, 0.3) is 0 Å². The average Bonchev–Trinajstić information content (AvgIpc) is 2.44. The summed E-state index contributed by atoms with van der Waals surface area (Å²) < 4.78 is 24.2. The first-order valence-corrected chi connectivity index (χ1v) is 8.12. The molecular weight excluding hydrogens is 292 g/mol. The molecule has 0 amide bonds. The minimum atomic E-state index is -3.18. The molecule has 1 aromatic carbocycles. The summed E-state index contributed by atoms with van der Waals surface area (Å²) in [7, 11) is -3.18. The van der Waals surface area contributed by atoms with Crippen molar-refractivity contribution in [1.82, 2.24) is 19.7 Å². The topological polar surface area (TPSA) is 109 Å². The van der Waals surface area contributed by atoms with E-state index in [1.54, 1.807) is 0 Å². The van der Waals surface area contributed by atoms with E-state index in [0.717, 1.165) is 11.9 Å². The van der Waals surface area contributed by atoms with Crippen molar-refractivity contribution in [2.75, 3.05) is 30.0 Å². The van der Waals surface area contributed by atoms with Gasteiger partial charge in [0.1, 0.15) is 6.33 Å². The van der Waals surface area contributed by atoms with Gasteiger partial charge in [0.25, 0.3) is 0 Å². The lowest BCUT2D eigenvalue weighted by molar-refractivity contribution is 0.589. The van der Waals surface area contributed by atoms with Crippen LogP contribution in [0.2, 0.25) is 0 Å². The van der Waals surface area contributed by atoms with Gasteiger partial charge in [0.15, 0.2) is 0 Å². The van der Waals surface area contributed by atoms with E-state index < -0.39 is 10.0 Å². The summed E-state index contributed by atoms with van der Waals surface area (Å²) in [5.74, 6) is 0.786. The van der Waals surface area contributed by atoms with Gasteiger partial charge in [-0.25, -0.2) is 23.1 Å². The normalized spacial score (nSPS) is 11.1. The van der Waals surface area contributed by atoms with Gasteiger partial charge in [-0.2, -0.15) is 4.98 Å². The molecule has 0 fully saturated rings. The number of hydrogen-bond acceptors (Lipinski definition) is 7. The quantitative estimate of drug-likeness (QED) is 0.642. The van der Waals surface area contributed by atoms with Gasteiger partial charge < -0.3 is 10.6 Å². The van der Waals surface area contributed by atoms with Gasteiger partial charge in [-0.1, -0.05) is 18.2 Å². The molecule has 2 aromatic rings. The van der Waals surface area contributed by atoms with E-state index in [9.17, 15) is 8.42 Å². The fourth-order valence-corrected chi connectivity index (χ4v) is 1.98. The second-order valence-electron chi connectivity index (χ2n) is 4.22. The third-order valence-electron chi connectivity index (χ3n) is 2.37. The predicted molar refractivity (Wildman–Crippen MR) is 80.9 cm³/mol. The molecule has 0 bridgehead atoms. The second-order valence-corrected chi connectivity index (χ2v) is 6.05. The smallest absolute Gasteiger partial charge is 0.231 e. The summed E-state index contributed by atoms with van der Waals surface area (Å²) >= 11 is 0. The molecule has 0 saturated heterocycles. The van der Waals surface area contributed by atoms with Crippen LogP contribution >= 0.6 is 0 Å². The molecule has 1 aromatic heterocycles. The highest BCUT2D eigenvalue weighted by atomic mass is 32.2. The highest BCUT2D eigenvalue weighted by molar-refractivity contribution is 7.88. The van der Waals surface area contributed by atoms with Crippen molar-refractivity contribution in [3.63, 3.8) is 0 Å². The van der Waals surface area contributed by atoms with Crippen molar-refractivity contribution < 1.29 is 8.42 Å². The lowest BCUT2D eigenvalue weighted by Crippen LogP contribution is -2.28. The van der Waals surface area contributed by atoms with Gasteiger partial charge in [0.2, 0.25) is 21.9 Å². The maximum absolute atomic E-state index is 10.9. The Morgan fingerprint density at radius 1 is 1.05 bits per heavy atom. The Bertz CT molecular complexity index is 677. The molecule has 9 heteroatoms. The van der Waals surface area contributed by atoms with Crippen LogP contribution < -0.4 is 15.4 Å². The number of sulfonamides is 1. The first-order chi connectivity index (χ1) is 10.0. The standard InChI is InChI=1S/C12H16N6O2S/c1-21(19,20)16-8-7-13-11-14-9-15-12(18-11)17-10-5-3-2-4-6-10/h2-6,9,16H,7-8H2,1H3,(H2,13,14,15,17,18). The minimum absolute atomic E-state index is 0.256. The van der Waals surface area contributed by atoms with Crippen molar-refractivity contribution in [2.24, 2.45) is 0 Å². The first kappa shape index (κ1) is 15.1. The number of hydrogen-bond donors (Lipinski definition) is 3. The van der Waals surface area contributed by atoms with Crippen molar-refractivity contribution in [2.45, 2.75) is 0 Å². The fourth-order valence-electron chi connectivity index (χ4n) is 1.50. The van der Waals surface area contributed by atoms with Crippen LogP contribution in [0.3, 0.4) is 0 Å². The maximum atomic E-state index is 10.9. The van der Waals surface area contributed by atoms with Crippen LogP contribution in [-0.2, 0) is 10.0 Å². The molecule has 1 heterocycles. The van der Waals surface area contributed by atoms with E-state index in [1.165, 1.54) is 6.33 Å². The summed E-state index contributed by atoms with van der Waals surface area (Å²) in [6.07, 6.45) is 2.49. The lowest BCUT2D eigenvalue weighted by Gasteiger charge is -2.07. The average molecular weight is 308 g/mol. The van der Waals surface area contributed by atoms with Crippen LogP contribution in [-0.4, -0.2) is 42.7 Å². The second kappa shape index (κ2) is 6.95. The molecule has 21 heavy (non-hydrogen) atoms. The molecule has 0 radical (unpaired) electrons. The molecule has 0 aliphatic heterocycles. The van der Waals surface area contributed by atoms with E-state index in [0.29, 0.717) is 18.4 Å². The van der Waals surface area contributed by atoms with Gasteiger partial charge >= 0.3 is 0 Å². The summed E-state index contributed by atoms with van der Waals surface area (Å²) in [4.78, 5) is 12.2. The zero-order chi connectivity index (χ0) is 15.1. The lowest BCUT2D eigenvalue weighted by atomic mass is 10.3. The minimum Gasteiger partial charge on any atom is -0.353 e. The molecule has 2 rings (SSSR count). The molecule has 0 aliphatic carbocycles. The Labute approximate surface area is 123 Å². The largest absolute Gasteiger partial charge is 0.353 e. The van der Waals surface area contributed by atoms with Crippen molar-refractivity contribution in [3.8, 4) is 0 Å². The van der Waals surface area contributed by atoms with E-state index in [-0.39, 0.29) is 6.54 Å². The van der Waals surface area contributed by atoms with Gasteiger partial charge in [-0.05, 0) is 12.1 Å². The number of aromatic nitrogens is 3. The Morgan fingerprint density at radius 3 is 2.48 bits per heavy atom. The summed E-state index contributed by atoms with van der Waals surface area (Å²) in [6.45, 7) is 0.633. The zero-order valence-corrected chi connectivity index (χ0v) is 12.3. The van der Waals surface area contributed by atoms with E-state index in [1.807, 2.05) is 30.3 Å². The molecule has 112 valence electrons. The van der Waals surface area contributed by atoms with Crippen molar-refractivity contribution >= 4 is 27.6 Å². The Balaban J connectivity index is 1.89. The number of rotatable bonds is 7. The van der Waals surface area contributed by atoms with Crippen molar-refractivity contribution in [1.29, 1.82) is 0 Å². The zero-order valence-electron chi connectivity index (χ0n) is 11.4. The molecule has 0 aliphatic rings. The van der Waals surface area contributed by atoms with Crippen LogP contribution in [0.5, 0.6) is 0 Å². The number of nitrogens with zero attached hydrogens (tertiary/aromatic N) is 3. The molecule has 0 saturated carbocycles. The summed E-state index contributed by atoms with van der Waals surface area (Å²) in [6, 6.07) is 9.51. The first-order valence-electron chi connectivity index (χ1n) is 6.22. The molecule has 8 nitrogen and oxygen atoms in total. The number of benzene rings is 1. The molecule has 0 atom stereocenters. The van der Waals surface area contributed by atoms with E-state index in [2.05, 4.69) is 30.3 Å². The molecule has 0 spiro atoms. The van der Waals surface area contributed by atoms with Crippen LogP contribution in [0.15, 0.2) is 36.7 Å². The highest BCUT2D eigenvalue weighted by Crippen LogP contribution is 2.11. The van der Waals surface area contributed by atoms with E-state index in [4.69, 9.17) is 0 Å². The SMILES string of the molecule is CS(=O)(=O)NCCNc1ncnc(Nc2ccccc2)n1. The molecule has 0 unspecified atom stereocenters. The van der Waals surface area contributed by atoms with Gasteiger partial charge in [-0.3, -0.25) is 0 Å². The number of nitrogens with one attached hydrogen (secondary N) is 3. The third-order valence-corrected chi connectivity index (χ3v) is 3.10. The predicted octanol–water partition coefficient (Wildman–Crippen LogP) is 0.576. The van der Waals surface area contributed by atoms with Crippen LogP contribution in [0.4, 0.5) is 17.6 Å². The fraction of sp³-hybridized carbons (Fsp3) is 0.250. The maximum Gasteiger partial charge on any atom is 0.231 e. The number of anilines is 3. The highest BCUT2D eigenvalue weighted by Gasteiger charge is 2.02. The van der Waals surface area contributed by atoms with Crippen LogP contribution in [0, 0.1) is 0 Å². The molecule has 3 N–H and O–H groups in total. The van der Waals surface area contributed by atoms with Gasteiger partial charge in [0, 0.05) is 18.8 Å². The Hall–Kier alpha value is -2.26. The molecular formula is C12H16N6O2S. The monoisotopic (exact) mass is 308 g/mol. The van der Waals surface area contributed by atoms with Gasteiger partial charge in [0.05, 0.1) is 6.26 Å². The summed E-state index contributed by atoms with van der Waals surface area (Å²) in [5, 5.41) is 5.96.